The molecule has 2 amide bonds. The van der Waals surface area contributed by atoms with Gasteiger partial charge in [-0.05, 0) is 68.1 Å². The number of alkyl halides is 3. The molecule has 0 saturated heterocycles. The van der Waals surface area contributed by atoms with E-state index in [0.29, 0.717) is 52.9 Å². The van der Waals surface area contributed by atoms with Crippen molar-refractivity contribution in [3.8, 4) is 0 Å². The average molecular weight is 505 g/mol. The number of hydrogen-bond donors (Lipinski definition) is 3. The van der Waals surface area contributed by atoms with Gasteiger partial charge in [-0.25, -0.2) is 4.98 Å². The Morgan fingerprint density at radius 1 is 0.943 bits per heavy atom. The molecule has 6 nitrogen and oxygen atoms in total. The fourth-order valence-corrected chi connectivity index (χ4v) is 4.45. The lowest BCUT2D eigenvalue weighted by atomic mass is 9.90. The molecular formula is C25H24ClF3N4O2. The van der Waals surface area contributed by atoms with Gasteiger partial charge in [-0.2, -0.15) is 13.2 Å². The zero-order chi connectivity index (χ0) is 25.2. The normalized spacial score (nSPS) is 18.2. The maximum Gasteiger partial charge on any atom is 0.433 e. The minimum Gasteiger partial charge on any atom is -0.382 e. The molecule has 184 valence electrons. The molecule has 3 aromatic rings. The first kappa shape index (κ1) is 24.8. The van der Waals surface area contributed by atoms with E-state index in [-0.39, 0.29) is 29.4 Å². The molecule has 2 aromatic carbocycles. The number of aromatic nitrogens is 1. The number of anilines is 1. The van der Waals surface area contributed by atoms with Gasteiger partial charge in [0.05, 0.1) is 5.52 Å². The highest BCUT2D eigenvalue weighted by Gasteiger charge is 2.34. The molecule has 0 unspecified atom stereocenters. The Balaban J connectivity index is 1.42. The zero-order valence-electron chi connectivity index (χ0n) is 18.9. The van der Waals surface area contributed by atoms with Crippen molar-refractivity contribution < 1.29 is 22.8 Å². The van der Waals surface area contributed by atoms with Gasteiger partial charge < -0.3 is 16.0 Å². The summed E-state index contributed by atoms with van der Waals surface area (Å²) in [5.41, 5.74) is 0.381. The number of fused-ring (bicyclic) bond motifs is 1. The largest absolute Gasteiger partial charge is 0.433 e. The van der Waals surface area contributed by atoms with Crippen LogP contribution in [-0.2, 0) is 6.18 Å². The molecule has 10 heteroatoms. The van der Waals surface area contributed by atoms with Crippen LogP contribution in [0.5, 0.6) is 0 Å². The van der Waals surface area contributed by atoms with E-state index in [1.165, 1.54) is 19.2 Å². The highest BCUT2D eigenvalue weighted by atomic mass is 35.5. The second kappa shape index (κ2) is 10.1. The minimum atomic E-state index is -4.57. The summed E-state index contributed by atoms with van der Waals surface area (Å²) in [6, 6.07) is 11.9. The van der Waals surface area contributed by atoms with E-state index >= 15 is 0 Å². The molecular weight excluding hydrogens is 481 g/mol. The smallest absolute Gasteiger partial charge is 0.382 e. The molecule has 3 N–H and O–H groups in total. The second-order valence-electron chi connectivity index (χ2n) is 8.54. The predicted octanol–water partition coefficient (Wildman–Crippen LogP) is 5.42. The topological polar surface area (TPSA) is 83.1 Å². The molecule has 35 heavy (non-hydrogen) atoms. The van der Waals surface area contributed by atoms with Gasteiger partial charge in [0.15, 0.2) is 0 Å². The third-order valence-corrected chi connectivity index (χ3v) is 6.33. The lowest BCUT2D eigenvalue weighted by Gasteiger charge is -2.31. The van der Waals surface area contributed by atoms with Crippen LogP contribution in [0, 0.1) is 0 Å². The number of pyridine rings is 1. The van der Waals surface area contributed by atoms with Crippen LogP contribution in [0.15, 0.2) is 48.5 Å². The molecule has 1 heterocycles. The van der Waals surface area contributed by atoms with Gasteiger partial charge in [0.1, 0.15) is 5.69 Å². The van der Waals surface area contributed by atoms with E-state index in [2.05, 4.69) is 20.9 Å². The van der Waals surface area contributed by atoms with Crippen LogP contribution in [0.2, 0.25) is 5.02 Å². The highest BCUT2D eigenvalue weighted by Crippen LogP contribution is 2.35. The molecule has 0 spiro atoms. The van der Waals surface area contributed by atoms with Crippen LogP contribution in [0.4, 0.5) is 18.9 Å². The van der Waals surface area contributed by atoms with Crippen LogP contribution >= 0.6 is 11.6 Å². The predicted molar refractivity (Wildman–Crippen MR) is 129 cm³/mol. The number of nitrogens with one attached hydrogen (secondary N) is 3. The first-order valence-electron chi connectivity index (χ1n) is 11.2. The third-order valence-electron chi connectivity index (χ3n) is 6.10. The summed E-state index contributed by atoms with van der Waals surface area (Å²) < 4.78 is 40.1. The number of hydrogen-bond acceptors (Lipinski definition) is 4. The lowest BCUT2D eigenvalue weighted by Crippen LogP contribution is -2.40. The highest BCUT2D eigenvalue weighted by molar-refractivity contribution is 6.31. The number of rotatable bonds is 5. The van der Waals surface area contributed by atoms with Crippen molar-refractivity contribution in [1.29, 1.82) is 0 Å². The van der Waals surface area contributed by atoms with Crippen LogP contribution in [0.3, 0.4) is 0 Å². The Morgan fingerprint density at radius 3 is 2.26 bits per heavy atom. The van der Waals surface area contributed by atoms with Crippen LogP contribution in [0.25, 0.3) is 10.9 Å². The number of nitrogens with zero attached hydrogens (tertiary/aromatic N) is 1. The fraction of sp³-hybridized carbons (Fsp3) is 0.320. The summed E-state index contributed by atoms with van der Waals surface area (Å²) in [5, 5.41) is 9.70. The van der Waals surface area contributed by atoms with Gasteiger partial charge in [0.2, 0.25) is 0 Å². The summed E-state index contributed by atoms with van der Waals surface area (Å²) >= 11 is 6.08. The summed E-state index contributed by atoms with van der Waals surface area (Å²) in [5.74, 6) is -0.540. The van der Waals surface area contributed by atoms with Crippen molar-refractivity contribution in [2.24, 2.45) is 0 Å². The molecule has 0 radical (unpaired) electrons. The molecule has 1 aromatic heterocycles. The van der Waals surface area contributed by atoms with E-state index in [1.807, 2.05) is 0 Å². The Morgan fingerprint density at radius 2 is 1.60 bits per heavy atom. The molecule has 0 bridgehead atoms. The molecule has 0 atom stereocenters. The Kier molecular flexibility index (Phi) is 7.16. The Bertz CT molecular complexity index is 1260. The van der Waals surface area contributed by atoms with E-state index in [4.69, 9.17) is 11.6 Å². The maximum absolute atomic E-state index is 13.4. The van der Waals surface area contributed by atoms with Crippen LogP contribution < -0.4 is 16.0 Å². The van der Waals surface area contributed by atoms with E-state index in [1.54, 1.807) is 30.3 Å². The maximum atomic E-state index is 13.4. The van der Waals surface area contributed by atoms with Gasteiger partial charge in [-0.1, -0.05) is 17.7 Å². The number of amides is 2. The van der Waals surface area contributed by atoms with Crippen molar-refractivity contribution in [2.45, 2.75) is 43.9 Å². The standard InChI is InChI=1S/C25H24ClF3N4O2/c1-30-23(34)14-3-2-4-15(11-14)24(35)32-18-8-6-17(7-9-18)31-21-13-22(25(27,28)29)33-20-10-5-16(26)12-19(20)21/h2-5,10-13,17-18H,6-9H2,1H3,(H,30,34)(H,31,33)(H,32,35)/t17-,18+. The molecule has 1 saturated carbocycles. The van der Waals surface area contributed by atoms with Crippen LogP contribution in [-0.4, -0.2) is 35.9 Å². The monoisotopic (exact) mass is 504 g/mol. The van der Waals surface area contributed by atoms with Crippen molar-refractivity contribution in [1.82, 2.24) is 15.6 Å². The summed E-state index contributed by atoms with van der Waals surface area (Å²) in [6.45, 7) is 0. The number of halogens is 4. The molecule has 1 aliphatic rings. The van der Waals surface area contributed by atoms with Gasteiger partial charge in [-0.3, -0.25) is 9.59 Å². The zero-order valence-corrected chi connectivity index (χ0v) is 19.6. The fourth-order valence-electron chi connectivity index (χ4n) is 4.28. The first-order chi connectivity index (χ1) is 16.6. The van der Waals surface area contributed by atoms with Gasteiger partial charge >= 0.3 is 6.18 Å². The quantitative estimate of drug-likeness (QED) is 0.433. The molecule has 0 aliphatic heterocycles. The van der Waals surface area contributed by atoms with Gasteiger partial charge in [0.25, 0.3) is 11.8 Å². The summed E-state index contributed by atoms with van der Waals surface area (Å²) in [6.07, 6.45) is -1.92. The molecule has 1 aliphatic carbocycles. The summed E-state index contributed by atoms with van der Waals surface area (Å²) in [7, 11) is 1.52. The van der Waals surface area contributed by atoms with Crippen molar-refractivity contribution in [3.63, 3.8) is 0 Å². The first-order valence-corrected chi connectivity index (χ1v) is 11.6. The van der Waals surface area contributed by atoms with Gasteiger partial charge in [0, 0.05) is 46.4 Å². The van der Waals surface area contributed by atoms with Crippen LogP contribution in [0.1, 0.15) is 52.1 Å². The summed E-state index contributed by atoms with van der Waals surface area (Å²) in [4.78, 5) is 28.2. The van der Waals surface area contributed by atoms with E-state index in [9.17, 15) is 22.8 Å². The SMILES string of the molecule is CNC(=O)c1cccc(C(=O)N[C@H]2CC[C@@H](Nc3cc(C(F)(F)F)nc4ccc(Cl)cc34)CC2)c1. The molecule has 4 rings (SSSR count). The van der Waals surface area contributed by atoms with E-state index < -0.39 is 11.9 Å². The molecule has 1 fully saturated rings. The number of carbonyl (C=O) groups excluding carboxylic acids is 2. The Hall–Kier alpha value is -3.33. The van der Waals surface area contributed by atoms with Crippen molar-refractivity contribution in [2.75, 3.05) is 12.4 Å². The van der Waals surface area contributed by atoms with Gasteiger partial charge in [-0.15, -0.1) is 0 Å². The second-order valence-corrected chi connectivity index (χ2v) is 8.98. The third kappa shape index (κ3) is 5.85. The Labute approximate surface area is 205 Å². The van der Waals surface area contributed by atoms with Crippen molar-refractivity contribution in [3.05, 3.63) is 70.4 Å². The number of benzene rings is 2. The number of carbonyl (C=O) groups is 2. The average Bonchev–Trinajstić information content (AvgIpc) is 2.84. The van der Waals surface area contributed by atoms with Crippen molar-refractivity contribution >= 4 is 40.0 Å². The minimum absolute atomic E-state index is 0.0644. The lowest BCUT2D eigenvalue weighted by molar-refractivity contribution is -0.140. The van der Waals surface area contributed by atoms with E-state index in [0.717, 1.165) is 6.07 Å².